The van der Waals surface area contributed by atoms with E-state index in [1.807, 2.05) is 18.2 Å². The van der Waals surface area contributed by atoms with Gasteiger partial charge in [0.25, 0.3) is 0 Å². The Bertz CT molecular complexity index is 624. The zero-order valence-electron chi connectivity index (χ0n) is 13.0. The van der Waals surface area contributed by atoms with Crippen molar-refractivity contribution in [3.05, 3.63) is 78.2 Å². The first kappa shape index (κ1) is 14.5. The van der Waals surface area contributed by atoms with Crippen molar-refractivity contribution >= 4 is 0 Å². The highest BCUT2D eigenvalue weighted by molar-refractivity contribution is 5.39. The van der Waals surface area contributed by atoms with E-state index in [1.165, 1.54) is 11.1 Å². The second-order valence-corrected chi connectivity index (χ2v) is 5.92. The van der Waals surface area contributed by atoms with E-state index in [9.17, 15) is 0 Å². The van der Waals surface area contributed by atoms with Crippen LogP contribution < -0.4 is 10.1 Å². The largest absolute Gasteiger partial charge is 0.488 e. The third kappa shape index (κ3) is 3.08. The van der Waals surface area contributed by atoms with Crippen LogP contribution in [0, 0.1) is 0 Å². The molecule has 3 heteroatoms. The average molecular weight is 295 g/mol. The highest BCUT2D eigenvalue weighted by Gasteiger charge is 2.22. The molecule has 0 amide bonds. The molecule has 0 aliphatic carbocycles. The summed E-state index contributed by atoms with van der Waals surface area (Å²) in [6.07, 6.45) is 3.32. The minimum Gasteiger partial charge on any atom is -0.488 e. The van der Waals surface area contributed by atoms with Crippen LogP contribution in [0.5, 0.6) is 5.75 Å². The number of ether oxygens (including phenoxy) is 2. The topological polar surface area (TPSA) is 30.5 Å². The van der Waals surface area contributed by atoms with E-state index in [0.717, 1.165) is 5.75 Å². The second-order valence-electron chi connectivity index (χ2n) is 5.92. The molecule has 0 aromatic heterocycles. The first-order chi connectivity index (χ1) is 10.7. The lowest BCUT2D eigenvalue weighted by atomic mass is 9.78. The fourth-order valence-electron chi connectivity index (χ4n) is 2.57. The van der Waals surface area contributed by atoms with Crippen LogP contribution in [0.25, 0.3) is 0 Å². The molecule has 3 rings (SSSR count). The molecular formula is C19H21NO2. The number of hydrogen-bond acceptors (Lipinski definition) is 3. The van der Waals surface area contributed by atoms with Crippen LogP contribution in [0.4, 0.5) is 0 Å². The molecular weight excluding hydrogens is 274 g/mol. The van der Waals surface area contributed by atoms with Crippen molar-refractivity contribution < 1.29 is 9.47 Å². The second kappa shape index (κ2) is 6.14. The smallest absolute Gasteiger partial charge is 0.203 e. The standard InChI is InChI=1S/C19H21NO2/c1-19(2,15-6-4-3-5-7-15)16-8-10-17(11-9-16)22-14-18-20-12-13-21-18/h3-13,18,20H,14H2,1-2H3. The summed E-state index contributed by atoms with van der Waals surface area (Å²) in [6.45, 7) is 4.95. The number of nitrogens with one attached hydrogen (secondary N) is 1. The van der Waals surface area contributed by atoms with Crippen molar-refractivity contribution in [2.24, 2.45) is 0 Å². The summed E-state index contributed by atoms with van der Waals surface area (Å²) in [5.41, 5.74) is 2.54. The van der Waals surface area contributed by atoms with E-state index in [2.05, 4.69) is 55.6 Å². The van der Waals surface area contributed by atoms with Crippen molar-refractivity contribution in [2.75, 3.05) is 6.61 Å². The molecule has 0 saturated heterocycles. The predicted molar refractivity (Wildman–Crippen MR) is 87.7 cm³/mol. The molecule has 1 aliphatic rings. The summed E-state index contributed by atoms with van der Waals surface area (Å²) >= 11 is 0. The Kier molecular flexibility index (Phi) is 4.05. The van der Waals surface area contributed by atoms with Gasteiger partial charge in [0.15, 0.2) is 0 Å². The van der Waals surface area contributed by atoms with Gasteiger partial charge in [-0.1, -0.05) is 56.3 Å². The SMILES string of the molecule is CC(C)(c1ccccc1)c1ccc(OCC2NC=CO2)cc1. The Morgan fingerprint density at radius 1 is 1.00 bits per heavy atom. The van der Waals surface area contributed by atoms with Gasteiger partial charge in [0.05, 0.1) is 0 Å². The number of rotatable bonds is 5. The monoisotopic (exact) mass is 295 g/mol. The Morgan fingerprint density at radius 3 is 2.32 bits per heavy atom. The van der Waals surface area contributed by atoms with Gasteiger partial charge < -0.3 is 14.8 Å². The fourth-order valence-corrected chi connectivity index (χ4v) is 2.57. The Hall–Kier alpha value is -2.42. The van der Waals surface area contributed by atoms with Crippen LogP contribution in [0.3, 0.4) is 0 Å². The highest BCUT2D eigenvalue weighted by Crippen LogP contribution is 2.32. The summed E-state index contributed by atoms with van der Waals surface area (Å²) in [4.78, 5) is 0. The predicted octanol–water partition coefficient (Wildman–Crippen LogP) is 3.81. The molecule has 1 N–H and O–H groups in total. The average Bonchev–Trinajstić information content (AvgIpc) is 3.08. The minimum atomic E-state index is -0.0968. The first-order valence-electron chi connectivity index (χ1n) is 7.52. The van der Waals surface area contributed by atoms with Crippen LogP contribution in [0.1, 0.15) is 25.0 Å². The molecule has 2 aromatic rings. The number of hydrogen-bond donors (Lipinski definition) is 1. The van der Waals surface area contributed by atoms with Gasteiger partial charge in [-0.2, -0.15) is 0 Å². The van der Waals surface area contributed by atoms with Gasteiger partial charge in [0.1, 0.15) is 18.6 Å². The van der Waals surface area contributed by atoms with Gasteiger partial charge in [0.2, 0.25) is 6.23 Å². The summed E-state index contributed by atoms with van der Waals surface area (Å²) in [5, 5.41) is 3.06. The van der Waals surface area contributed by atoms with Crippen LogP contribution in [-0.2, 0) is 10.2 Å². The lowest BCUT2D eigenvalue weighted by Crippen LogP contribution is -2.28. The van der Waals surface area contributed by atoms with E-state index < -0.39 is 0 Å². The fraction of sp³-hybridized carbons (Fsp3) is 0.263. The van der Waals surface area contributed by atoms with E-state index in [-0.39, 0.29) is 11.6 Å². The van der Waals surface area contributed by atoms with Crippen molar-refractivity contribution in [2.45, 2.75) is 25.5 Å². The molecule has 1 atom stereocenters. The van der Waals surface area contributed by atoms with E-state index >= 15 is 0 Å². The zero-order valence-corrected chi connectivity index (χ0v) is 13.0. The maximum Gasteiger partial charge on any atom is 0.203 e. The minimum absolute atomic E-state index is 0.0279. The summed E-state index contributed by atoms with van der Waals surface area (Å²) in [7, 11) is 0. The van der Waals surface area contributed by atoms with Gasteiger partial charge in [0, 0.05) is 11.6 Å². The third-order valence-corrected chi connectivity index (χ3v) is 4.07. The highest BCUT2D eigenvalue weighted by atomic mass is 16.5. The first-order valence-corrected chi connectivity index (χ1v) is 7.52. The van der Waals surface area contributed by atoms with E-state index in [4.69, 9.17) is 9.47 Å². The van der Waals surface area contributed by atoms with Gasteiger partial charge in [-0.15, -0.1) is 0 Å². The molecule has 3 nitrogen and oxygen atoms in total. The summed E-state index contributed by atoms with van der Waals surface area (Å²) in [5.74, 6) is 0.852. The van der Waals surface area contributed by atoms with Crippen molar-refractivity contribution in [1.29, 1.82) is 0 Å². The summed E-state index contributed by atoms with van der Waals surface area (Å²) in [6, 6.07) is 18.8. The molecule has 0 bridgehead atoms. The number of benzene rings is 2. The van der Waals surface area contributed by atoms with Crippen molar-refractivity contribution in [3.8, 4) is 5.75 Å². The Labute approximate surface area is 131 Å². The summed E-state index contributed by atoms with van der Waals surface area (Å²) < 4.78 is 11.0. The van der Waals surface area contributed by atoms with Gasteiger partial charge in [-0.05, 0) is 23.3 Å². The van der Waals surface area contributed by atoms with Gasteiger partial charge in [-0.25, -0.2) is 0 Å². The Morgan fingerprint density at radius 2 is 1.68 bits per heavy atom. The maximum absolute atomic E-state index is 5.74. The normalized spacial score (nSPS) is 16.9. The molecule has 0 radical (unpaired) electrons. The molecule has 1 unspecified atom stereocenters. The van der Waals surface area contributed by atoms with Gasteiger partial charge in [-0.3, -0.25) is 0 Å². The lowest BCUT2D eigenvalue weighted by molar-refractivity contribution is 0.0929. The van der Waals surface area contributed by atoms with Gasteiger partial charge >= 0.3 is 0 Å². The van der Waals surface area contributed by atoms with E-state index in [0.29, 0.717) is 6.61 Å². The lowest BCUT2D eigenvalue weighted by Gasteiger charge is -2.26. The molecule has 0 saturated carbocycles. The van der Waals surface area contributed by atoms with Crippen LogP contribution in [0.15, 0.2) is 67.1 Å². The van der Waals surface area contributed by atoms with Crippen LogP contribution in [0.2, 0.25) is 0 Å². The molecule has 2 aromatic carbocycles. The van der Waals surface area contributed by atoms with Crippen LogP contribution >= 0.6 is 0 Å². The molecule has 114 valence electrons. The van der Waals surface area contributed by atoms with Crippen molar-refractivity contribution in [1.82, 2.24) is 5.32 Å². The molecule has 1 aliphatic heterocycles. The molecule has 0 spiro atoms. The third-order valence-electron chi connectivity index (χ3n) is 4.07. The van der Waals surface area contributed by atoms with Crippen LogP contribution in [-0.4, -0.2) is 12.8 Å². The molecule has 1 heterocycles. The zero-order chi connectivity index (χ0) is 15.4. The molecule has 0 fully saturated rings. The maximum atomic E-state index is 5.74. The quantitative estimate of drug-likeness (QED) is 0.910. The van der Waals surface area contributed by atoms with E-state index in [1.54, 1.807) is 12.5 Å². The van der Waals surface area contributed by atoms with Crippen molar-refractivity contribution in [3.63, 3.8) is 0 Å². The molecule has 22 heavy (non-hydrogen) atoms. The Balaban J connectivity index is 1.68.